The second kappa shape index (κ2) is 28.0. The molecule has 4 aliphatic rings. The lowest BCUT2D eigenvalue weighted by Crippen LogP contribution is -2.56. The Morgan fingerprint density at radius 1 is 0.635 bits per heavy atom. The third-order valence-corrected chi connectivity index (χ3v) is 14.5. The number of amides is 7. The molecule has 0 radical (unpaired) electrons. The van der Waals surface area contributed by atoms with Gasteiger partial charge in [-0.1, -0.05) is 48.5 Å². The number of ketones is 1. The monoisotopic (exact) mass is 1060 g/mol. The first-order valence-corrected chi connectivity index (χ1v) is 24.9. The molecule has 402 valence electrons. The van der Waals surface area contributed by atoms with Gasteiger partial charge in [-0.05, 0) is 107 Å². The van der Waals surface area contributed by atoms with Gasteiger partial charge in [0.05, 0.1) is 24.2 Å². The van der Waals surface area contributed by atoms with Crippen molar-refractivity contribution in [1.29, 1.82) is 0 Å². The lowest BCUT2D eigenvalue weighted by atomic mass is 9.87. The molecule has 2 aromatic rings. The fraction of sp³-hybridized carbons (Fsp3) is 0.547. The largest absolute Gasteiger partial charge is 0.382 e. The maximum Gasteiger partial charge on any atom is 0.252 e. The summed E-state index contributed by atoms with van der Waals surface area (Å²) in [5.74, 6) is -1.27. The van der Waals surface area contributed by atoms with Crippen molar-refractivity contribution in [2.24, 2.45) is 5.92 Å². The number of Topliss-reactive ketones (excluding diaryl/α,β-unsaturated/α-hetero) is 1. The van der Waals surface area contributed by atoms with Crippen LogP contribution in [0.2, 0.25) is 0 Å². The molecule has 9 N–H and O–H groups in total. The number of nitrogens with one attached hydrogen (secondary N) is 7. The first-order valence-electron chi connectivity index (χ1n) is 24.9. The zero-order valence-corrected chi connectivity index (χ0v) is 43.9. The van der Waals surface area contributed by atoms with Crippen molar-refractivity contribution in [3.63, 3.8) is 0 Å². The van der Waals surface area contributed by atoms with Crippen LogP contribution in [-0.2, 0) is 51.2 Å². The molecule has 2 fully saturated rings. The van der Waals surface area contributed by atoms with E-state index in [1.54, 1.807) is 27.9 Å². The van der Waals surface area contributed by atoms with Crippen LogP contribution in [0.25, 0.3) is 0 Å². The van der Waals surface area contributed by atoms with Crippen LogP contribution in [0, 0.1) is 30.6 Å². The van der Waals surface area contributed by atoms with Crippen LogP contribution in [0.15, 0.2) is 48.5 Å². The number of terminal acetylenes is 2. The number of hydrogen-bond acceptors (Lipinski definition) is 12. The second-order valence-corrected chi connectivity index (χ2v) is 19.4. The number of aliphatic hydroxyl groups excluding tert-OH is 2. The fourth-order valence-electron chi connectivity index (χ4n) is 10.2. The Morgan fingerprint density at radius 3 is 1.54 bits per heavy atom. The minimum absolute atomic E-state index is 0. The van der Waals surface area contributed by atoms with E-state index in [4.69, 9.17) is 12.8 Å². The van der Waals surface area contributed by atoms with Gasteiger partial charge in [-0.15, -0.1) is 49.5 Å². The molecular weight excluding hydrogens is 994 g/mol. The number of likely N-dealkylation sites (tertiary alicyclic amines) is 2. The first kappa shape index (κ1) is 60.5. The quantitative estimate of drug-likeness (QED) is 0.0819. The van der Waals surface area contributed by atoms with Crippen LogP contribution in [0.4, 0.5) is 0 Å². The van der Waals surface area contributed by atoms with Crippen molar-refractivity contribution >= 4 is 71.9 Å². The second-order valence-electron chi connectivity index (χ2n) is 19.4. The molecule has 0 bridgehead atoms. The van der Waals surface area contributed by atoms with Crippen LogP contribution >= 0.6 is 24.8 Å². The highest BCUT2D eigenvalue weighted by Gasteiger charge is 2.47. The van der Waals surface area contributed by atoms with Gasteiger partial charge in [0.2, 0.25) is 35.4 Å². The summed E-state index contributed by atoms with van der Waals surface area (Å²) in [5.41, 5.74) is 4.11. The molecule has 0 unspecified atom stereocenters. The minimum Gasteiger partial charge on any atom is -0.382 e. The van der Waals surface area contributed by atoms with Gasteiger partial charge in [-0.3, -0.25) is 38.4 Å². The van der Waals surface area contributed by atoms with Crippen LogP contribution in [-0.4, -0.2) is 149 Å². The summed E-state index contributed by atoms with van der Waals surface area (Å²) in [7, 11) is 3.16. The number of halogens is 2. The highest BCUT2D eigenvalue weighted by Crippen LogP contribution is 2.34. The number of fused-ring (bicyclic) bond motifs is 2. The molecule has 7 amide bonds. The van der Waals surface area contributed by atoms with Gasteiger partial charge in [0.25, 0.3) is 5.91 Å². The summed E-state index contributed by atoms with van der Waals surface area (Å²) in [5, 5.41) is 42.1. The lowest BCUT2D eigenvalue weighted by Gasteiger charge is -2.31. The van der Waals surface area contributed by atoms with Crippen LogP contribution in [0.1, 0.15) is 106 Å². The Labute approximate surface area is 445 Å². The molecule has 0 spiro atoms. The predicted octanol–water partition coefficient (Wildman–Crippen LogP) is 0.433. The van der Waals surface area contributed by atoms with Gasteiger partial charge in [-0.2, -0.15) is 0 Å². The normalized spacial score (nSPS) is 23.1. The summed E-state index contributed by atoms with van der Waals surface area (Å²) >= 11 is 0. The molecule has 2 aliphatic heterocycles. The van der Waals surface area contributed by atoms with E-state index in [1.165, 1.54) is 9.80 Å². The molecule has 2 aromatic carbocycles. The summed E-state index contributed by atoms with van der Waals surface area (Å²) in [6, 6.07) is 7.86. The zero-order chi connectivity index (χ0) is 52.2. The topological polar surface area (TPSA) is 268 Å². The third kappa shape index (κ3) is 14.6. The van der Waals surface area contributed by atoms with Crippen molar-refractivity contribution in [1.82, 2.24) is 47.0 Å². The number of nitrogens with zero attached hydrogens (tertiary/aromatic N) is 2. The number of carbonyl (C=O) groups is 8. The number of aryl methyl sites for hydroxylation is 2. The SMILES string of the molecule is C#CC[C@H](NC(=O)[C@H](C)NC)C(=O)N1C[C@@H](CC(=O)[C@H](O)[C@@H](O)C(=O)N[C@H]2C[C@@H](C(=O)N[C@@H]3CCCc4ccccc43)N(C(=O)[C@H](CC#C)NC(=O)[C@H](C)NC)C2)C[C@H]1C(=O)N[C@@H]1CCCc2ccccc21.Cl.Cl. The Hall–Kier alpha value is -6.06. The van der Waals surface area contributed by atoms with Gasteiger partial charge in [-0.25, -0.2) is 0 Å². The van der Waals surface area contributed by atoms with E-state index in [-0.39, 0.29) is 75.7 Å². The smallest absolute Gasteiger partial charge is 0.252 e. The molecule has 0 aromatic heterocycles. The molecule has 2 heterocycles. The number of benzene rings is 2. The third-order valence-electron chi connectivity index (χ3n) is 14.5. The Morgan fingerprint density at radius 2 is 1.08 bits per heavy atom. The predicted molar refractivity (Wildman–Crippen MR) is 280 cm³/mol. The Bertz CT molecular complexity index is 2280. The standard InChI is InChI=1S/C53H69N9O10.2ClH/c1-7-15-40(59-47(66)30(3)54-5)52(71)61-28-32(25-42(61)49(68)57-38-23-13-19-33-17-9-11-21-36(33)38)26-44(63)45(64)46(65)51(70)56-35-27-43(50(69)58-39-24-14-20-34-18-10-12-22-37(34)39)62(29-35)53(72)41(16-8-2)60-48(67)31(4)55-6;;/h1-2,9-12,17-18,21-22,30-32,35,38-43,45-46,54-55,64-65H,13-16,19-20,23-29H2,3-6H3,(H,56,70)(H,57,68)(H,58,69)(H,59,66)(H,60,67);2*1H/t30-,31-,32+,35-,38+,39+,40-,41-,42-,43-,45-,46+;;/m0../s1. The molecule has 2 saturated heterocycles. The lowest BCUT2D eigenvalue weighted by molar-refractivity contribution is -0.145. The van der Waals surface area contributed by atoms with Crippen molar-refractivity contribution in [3.8, 4) is 24.7 Å². The average molecular weight is 1070 g/mol. The molecule has 74 heavy (non-hydrogen) atoms. The maximum absolute atomic E-state index is 14.3. The molecular formula is C53H71Cl2N9O10. The molecule has 6 rings (SSSR count). The number of hydrogen-bond donors (Lipinski definition) is 9. The van der Waals surface area contributed by atoms with Crippen molar-refractivity contribution in [3.05, 3.63) is 70.8 Å². The summed E-state index contributed by atoms with van der Waals surface area (Å²) in [6.45, 7) is 2.82. The van der Waals surface area contributed by atoms with Gasteiger partial charge in [0.1, 0.15) is 30.3 Å². The highest BCUT2D eigenvalue weighted by atomic mass is 35.5. The molecule has 0 saturated carbocycles. The van der Waals surface area contributed by atoms with Gasteiger partial charge >= 0.3 is 0 Å². The zero-order valence-electron chi connectivity index (χ0n) is 42.3. The van der Waals surface area contributed by atoms with E-state index >= 15 is 0 Å². The van der Waals surface area contributed by atoms with Crippen LogP contribution in [0.3, 0.4) is 0 Å². The molecule has 2 aliphatic carbocycles. The van der Waals surface area contributed by atoms with Crippen molar-refractivity contribution < 1.29 is 48.6 Å². The minimum atomic E-state index is -2.29. The van der Waals surface area contributed by atoms with E-state index in [9.17, 15) is 48.6 Å². The van der Waals surface area contributed by atoms with Crippen molar-refractivity contribution in [2.45, 2.75) is 151 Å². The number of rotatable bonds is 20. The number of aliphatic hydroxyl groups is 2. The number of likely N-dealkylation sites (N-methyl/N-ethyl adjacent to an activating group) is 2. The molecule has 21 heteroatoms. The van der Waals surface area contributed by atoms with Gasteiger partial charge in [0, 0.05) is 38.4 Å². The average Bonchev–Trinajstić information content (AvgIpc) is 4.01. The van der Waals surface area contributed by atoms with E-state index in [0.717, 1.165) is 47.9 Å². The molecule has 12 atom stereocenters. The van der Waals surface area contributed by atoms with E-state index in [2.05, 4.69) is 49.1 Å². The van der Waals surface area contributed by atoms with Crippen molar-refractivity contribution in [2.75, 3.05) is 27.2 Å². The summed E-state index contributed by atoms with van der Waals surface area (Å²) in [4.78, 5) is 113. The van der Waals surface area contributed by atoms with E-state index < -0.39 is 114 Å². The van der Waals surface area contributed by atoms with Gasteiger partial charge in [0.15, 0.2) is 11.9 Å². The summed E-state index contributed by atoms with van der Waals surface area (Å²) in [6.07, 6.45) is 10.4. The van der Waals surface area contributed by atoms with Crippen LogP contribution in [0.5, 0.6) is 0 Å². The molecule has 19 nitrogen and oxygen atoms in total. The number of carbonyl (C=O) groups excluding carboxylic acids is 8. The van der Waals surface area contributed by atoms with E-state index in [0.29, 0.717) is 12.8 Å². The Kier molecular flexibility index (Phi) is 22.9. The van der Waals surface area contributed by atoms with Gasteiger partial charge < -0.3 is 57.2 Å². The van der Waals surface area contributed by atoms with E-state index in [1.807, 2.05) is 48.5 Å². The Balaban J connectivity index is 0.00000593. The maximum atomic E-state index is 14.3. The first-order chi connectivity index (χ1) is 34.5. The fourth-order valence-corrected chi connectivity index (χ4v) is 10.2. The highest BCUT2D eigenvalue weighted by molar-refractivity contribution is 5.96. The van der Waals surface area contributed by atoms with Crippen LogP contribution < -0.4 is 37.2 Å². The summed E-state index contributed by atoms with van der Waals surface area (Å²) < 4.78 is 0.